The van der Waals surface area contributed by atoms with Gasteiger partial charge in [-0.05, 0) is 36.4 Å². The van der Waals surface area contributed by atoms with E-state index in [2.05, 4.69) is 5.32 Å². The van der Waals surface area contributed by atoms with Gasteiger partial charge in [0.1, 0.15) is 5.58 Å². The predicted molar refractivity (Wildman–Crippen MR) is 102 cm³/mol. The average molecular weight is 410 g/mol. The maximum absolute atomic E-state index is 12.5. The summed E-state index contributed by atoms with van der Waals surface area (Å²) in [5.41, 5.74) is 1.09. The van der Waals surface area contributed by atoms with E-state index in [9.17, 15) is 14.4 Å². The standard InChI is InChI=1S/C20H14N2O8/c21-8-11-1-3-14-12(5-11)6-17(30-14)20(27)22-13-2-4-15(28-9-18(23)24)16(7-13)29-10-19(25)26/h1-7H,9-10H2,(H,22,27)(H,23,24)(H,25,26). The molecule has 0 aliphatic carbocycles. The van der Waals surface area contributed by atoms with Gasteiger partial charge in [0.2, 0.25) is 0 Å². The average Bonchev–Trinajstić information content (AvgIpc) is 3.14. The van der Waals surface area contributed by atoms with Gasteiger partial charge < -0.3 is 29.4 Å². The van der Waals surface area contributed by atoms with E-state index in [4.69, 9.17) is 29.4 Å². The first-order valence-corrected chi connectivity index (χ1v) is 8.44. The highest BCUT2D eigenvalue weighted by molar-refractivity contribution is 6.04. The lowest BCUT2D eigenvalue weighted by Crippen LogP contribution is -2.14. The maximum atomic E-state index is 12.5. The highest BCUT2D eigenvalue weighted by Gasteiger charge is 2.16. The van der Waals surface area contributed by atoms with Crippen LogP contribution in [-0.2, 0) is 9.59 Å². The first-order chi connectivity index (χ1) is 14.4. The molecule has 0 radical (unpaired) electrons. The summed E-state index contributed by atoms with van der Waals surface area (Å²) in [6.07, 6.45) is 0. The fourth-order valence-corrected chi connectivity index (χ4v) is 2.51. The number of carbonyl (C=O) groups excluding carboxylic acids is 1. The summed E-state index contributed by atoms with van der Waals surface area (Å²) < 4.78 is 15.7. The summed E-state index contributed by atoms with van der Waals surface area (Å²) in [5, 5.41) is 29.6. The molecule has 1 aromatic heterocycles. The Hall–Kier alpha value is -4.52. The Balaban J connectivity index is 1.81. The van der Waals surface area contributed by atoms with Crippen molar-refractivity contribution in [1.82, 2.24) is 0 Å². The Kier molecular flexibility index (Phi) is 5.84. The van der Waals surface area contributed by atoms with Gasteiger partial charge in [-0.2, -0.15) is 5.26 Å². The van der Waals surface area contributed by atoms with E-state index < -0.39 is 31.1 Å². The molecule has 3 N–H and O–H groups in total. The second kappa shape index (κ2) is 8.66. The summed E-state index contributed by atoms with van der Waals surface area (Å²) in [4.78, 5) is 34.0. The van der Waals surface area contributed by atoms with Crippen LogP contribution in [0, 0.1) is 11.3 Å². The number of anilines is 1. The molecular formula is C20H14N2O8. The van der Waals surface area contributed by atoms with Crippen molar-refractivity contribution in [3.05, 3.63) is 53.8 Å². The molecule has 3 rings (SSSR count). The lowest BCUT2D eigenvalue weighted by atomic mass is 10.2. The summed E-state index contributed by atoms with van der Waals surface area (Å²) >= 11 is 0. The van der Waals surface area contributed by atoms with Gasteiger partial charge in [0.15, 0.2) is 30.5 Å². The van der Waals surface area contributed by atoms with Gasteiger partial charge in [0, 0.05) is 17.1 Å². The van der Waals surface area contributed by atoms with Crippen LogP contribution in [-0.4, -0.2) is 41.3 Å². The van der Waals surface area contributed by atoms with Crippen LogP contribution in [0.2, 0.25) is 0 Å². The van der Waals surface area contributed by atoms with Crippen molar-refractivity contribution in [2.75, 3.05) is 18.5 Å². The summed E-state index contributed by atoms with van der Waals surface area (Å²) in [6.45, 7) is -1.34. The van der Waals surface area contributed by atoms with Crippen LogP contribution in [0.3, 0.4) is 0 Å². The van der Waals surface area contributed by atoms with E-state index in [0.29, 0.717) is 16.5 Å². The van der Waals surface area contributed by atoms with Crippen molar-refractivity contribution in [3.63, 3.8) is 0 Å². The molecule has 0 unspecified atom stereocenters. The van der Waals surface area contributed by atoms with Crippen molar-refractivity contribution in [3.8, 4) is 17.6 Å². The molecule has 3 aromatic rings. The SMILES string of the molecule is N#Cc1ccc2oc(C(=O)Nc3ccc(OCC(=O)O)c(OCC(=O)O)c3)cc2c1. The van der Waals surface area contributed by atoms with Crippen LogP contribution in [0.4, 0.5) is 5.69 Å². The largest absolute Gasteiger partial charge is 0.479 e. The molecule has 30 heavy (non-hydrogen) atoms. The van der Waals surface area contributed by atoms with Gasteiger partial charge in [-0.3, -0.25) is 4.79 Å². The van der Waals surface area contributed by atoms with Crippen LogP contribution in [0.1, 0.15) is 16.1 Å². The monoisotopic (exact) mass is 410 g/mol. The molecule has 0 spiro atoms. The van der Waals surface area contributed by atoms with Crippen molar-refractivity contribution >= 4 is 34.5 Å². The second-order valence-corrected chi connectivity index (χ2v) is 5.96. The van der Waals surface area contributed by atoms with Crippen LogP contribution >= 0.6 is 0 Å². The minimum Gasteiger partial charge on any atom is -0.479 e. The second-order valence-electron chi connectivity index (χ2n) is 5.96. The van der Waals surface area contributed by atoms with Crippen molar-refractivity contribution in [2.24, 2.45) is 0 Å². The third-order valence-corrected chi connectivity index (χ3v) is 3.77. The first kappa shape index (κ1) is 20.2. The molecule has 2 aromatic carbocycles. The molecule has 1 amide bonds. The zero-order valence-corrected chi connectivity index (χ0v) is 15.2. The molecule has 0 saturated heterocycles. The highest BCUT2D eigenvalue weighted by atomic mass is 16.5. The summed E-state index contributed by atoms with van der Waals surface area (Å²) in [6, 6.07) is 12.3. The lowest BCUT2D eigenvalue weighted by molar-refractivity contribution is -0.140. The zero-order valence-electron chi connectivity index (χ0n) is 15.2. The third-order valence-electron chi connectivity index (χ3n) is 3.77. The molecule has 1 heterocycles. The van der Waals surface area contributed by atoms with E-state index in [1.54, 1.807) is 18.2 Å². The molecule has 0 atom stereocenters. The fourth-order valence-electron chi connectivity index (χ4n) is 2.51. The third kappa shape index (κ3) is 4.85. The molecule has 0 bridgehead atoms. The number of hydrogen-bond donors (Lipinski definition) is 3. The topological polar surface area (TPSA) is 159 Å². The van der Waals surface area contributed by atoms with Gasteiger partial charge in [-0.15, -0.1) is 0 Å². The number of nitrogens with one attached hydrogen (secondary N) is 1. The van der Waals surface area contributed by atoms with E-state index >= 15 is 0 Å². The molecule has 10 nitrogen and oxygen atoms in total. The Morgan fingerprint density at radius 2 is 1.67 bits per heavy atom. The number of benzene rings is 2. The van der Waals surface area contributed by atoms with E-state index in [1.165, 1.54) is 24.3 Å². The number of nitriles is 1. The first-order valence-electron chi connectivity index (χ1n) is 8.44. The Bertz CT molecular complexity index is 1180. The minimum absolute atomic E-state index is 0.000650. The predicted octanol–water partition coefficient (Wildman–Crippen LogP) is 2.48. The van der Waals surface area contributed by atoms with Gasteiger partial charge in [0.05, 0.1) is 11.6 Å². The number of carboxylic acid groups (broad SMARTS) is 2. The number of carbonyl (C=O) groups is 3. The quantitative estimate of drug-likeness (QED) is 0.507. The summed E-state index contributed by atoms with van der Waals surface area (Å²) in [5.74, 6) is -3.11. The van der Waals surface area contributed by atoms with Gasteiger partial charge >= 0.3 is 11.9 Å². The summed E-state index contributed by atoms with van der Waals surface area (Å²) in [7, 11) is 0. The Labute approximate surface area is 168 Å². The molecule has 0 fully saturated rings. The number of amides is 1. The minimum atomic E-state index is -1.24. The lowest BCUT2D eigenvalue weighted by Gasteiger charge is -2.12. The number of ether oxygens (including phenoxy) is 2. The molecule has 10 heteroatoms. The van der Waals surface area contributed by atoms with Gasteiger partial charge in [-0.25, -0.2) is 9.59 Å². The van der Waals surface area contributed by atoms with Crippen LogP contribution in [0.5, 0.6) is 11.5 Å². The molecule has 0 aliphatic heterocycles. The number of carboxylic acids is 2. The number of aliphatic carboxylic acids is 2. The smallest absolute Gasteiger partial charge is 0.341 e. The number of hydrogen-bond acceptors (Lipinski definition) is 7. The number of furan rings is 1. The molecular weight excluding hydrogens is 396 g/mol. The van der Waals surface area contributed by atoms with Gasteiger partial charge in [0.25, 0.3) is 5.91 Å². The number of nitrogens with zero attached hydrogens (tertiary/aromatic N) is 1. The molecule has 0 saturated carbocycles. The molecule has 152 valence electrons. The highest BCUT2D eigenvalue weighted by Crippen LogP contribution is 2.31. The Morgan fingerprint density at radius 3 is 2.33 bits per heavy atom. The van der Waals surface area contributed by atoms with E-state index in [0.717, 1.165) is 0 Å². The van der Waals surface area contributed by atoms with Gasteiger partial charge in [-0.1, -0.05) is 0 Å². The zero-order chi connectivity index (χ0) is 21.7. The fraction of sp³-hybridized carbons (Fsp3) is 0.100. The van der Waals surface area contributed by atoms with Crippen LogP contribution in [0.15, 0.2) is 46.9 Å². The van der Waals surface area contributed by atoms with Crippen LogP contribution in [0.25, 0.3) is 11.0 Å². The van der Waals surface area contributed by atoms with E-state index in [-0.39, 0.29) is 22.9 Å². The molecule has 0 aliphatic rings. The Morgan fingerprint density at radius 1 is 0.967 bits per heavy atom. The van der Waals surface area contributed by atoms with E-state index in [1.807, 2.05) is 6.07 Å². The normalized spacial score (nSPS) is 10.2. The van der Waals surface area contributed by atoms with Crippen molar-refractivity contribution in [1.29, 1.82) is 5.26 Å². The number of rotatable bonds is 8. The van der Waals surface area contributed by atoms with Crippen molar-refractivity contribution in [2.45, 2.75) is 0 Å². The number of fused-ring (bicyclic) bond motifs is 1. The maximum Gasteiger partial charge on any atom is 0.341 e. The van der Waals surface area contributed by atoms with Crippen LogP contribution < -0.4 is 14.8 Å². The van der Waals surface area contributed by atoms with Crippen molar-refractivity contribution < 1.29 is 38.5 Å².